The van der Waals surface area contributed by atoms with Gasteiger partial charge < -0.3 is 0 Å². The van der Waals surface area contributed by atoms with Crippen LogP contribution in [0.2, 0.25) is 0 Å². The Hall–Kier alpha value is -1.46. The molecule has 4 rings (SSSR count). The van der Waals surface area contributed by atoms with Gasteiger partial charge in [0.25, 0.3) is 0 Å². The van der Waals surface area contributed by atoms with Crippen molar-refractivity contribution in [2.75, 3.05) is 0 Å². The first-order valence-corrected chi connectivity index (χ1v) is 10.2. The Kier molecular flexibility index (Phi) is 3.62. The van der Waals surface area contributed by atoms with Gasteiger partial charge in [-0.25, -0.2) is 0 Å². The SMILES string of the molecule is CC(C)=C1C=CC=[C]1[Zr][c]1cccc2c1Cc1ccccc1-2. The van der Waals surface area contributed by atoms with Crippen LogP contribution in [0.15, 0.2) is 75.1 Å². The van der Waals surface area contributed by atoms with Gasteiger partial charge in [-0.15, -0.1) is 0 Å². The van der Waals surface area contributed by atoms with Crippen molar-refractivity contribution in [3.05, 3.63) is 86.2 Å². The van der Waals surface area contributed by atoms with Crippen LogP contribution in [-0.4, -0.2) is 0 Å². The van der Waals surface area contributed by atoms with Crippen LogP contribution in [0.3, 0.4) is 0 Å². The van der Waals surface area contributed by atoms with Crippen molar-refractivity contribution in [1.82, 2.24) is 0 Å². The molecule has 0 saturated carbocycles. The molecule has 2 aromatic carbocycles. The molecule has 2 aromatic rings. The molecule has 0 N–H and O–H groups in total. The summed E-state index contributed by atoms with van der Waals surface area (Å²) < 4.78 is 3.26. The summed E-state index contributed by atoms with van der Waals surface area (Å²) >= 11 is -0.746. The van der Waals surface area contributed by atoms with E-state index in [9.17, 15) is 0 Å². The Morgan fingerprint density at radius 1 is 0.955 bits per heavy atom. The van der Waals surface area contributed by atoms with Gasteiger partial charge in [-0.2, -0.15) is 0 Å². The fourth-order valence-corrected chi connectivity index (χ4v) is 7.05. The Morgan fingerprint density at radius 2 is 1.77 bits per heavy atom. The van der Waals surface area contributed by atoms with Gasteiger partial charge >= 0.3 is 144 Å². The quantitative estimate of drug-likeness (QED) is 0.617. The topological polar surface area (TPSA) is 0 Å². The summed E-state index contributed by atoms with van der Waals surface area (Å²) in [6.45, 7) is 4.45. The van der Waals surface area contributed by atoms with Crippen LogP contribution in [0.1, 0.15) is 25.0 Å². The van der Waals surface area contributed by atoms with Crippen molar-refractivity contribution < 1.29 is 23.2 Å². The van der Waals surface area contributed by atoms with Crippen LogP contribution >= 0.6 is 0 Å². The van der Waals surface area contributed by atoms with Gasteiger partial charge in [0.1, 0.15) is 0 Å². The summed E-state index contributed by atoms with van der Waals surface area (Å²) in [5.74, 6) is 0. The van der Waals surface area contributed by atoms with E-state index in [0.717, 1.165) is 6.42 Å². The van der Waals surface area contributed by atoms with Gasteiger partial charge in [0.2, 0.25) is 0 Å². The molecule has 0 radical (unpaired) electrons. The molecule has 0 heterocycles. The van der Waals surface area contributed by atoms with Crippen LogP contribution in [0, 0.1) is 0 Å². The molecule has 0 spiro atoms. The normalized spacial score (nSPS) is 14.6. The Balaban J connectivity index is 1.73. The van der Waals surface area contributed by atoms with Crippen molar-refractivity contribution in [3.8, 4) is 11.1 Å². The summed E-state index contributed by atoms with van der Waals surface area (Å²) in [4.78, 5) is 0. The van der Waals surface area contributed by atoms with Crippen LogP contribution < -0.4 is 3.27 Å². The van der Waals surface area contributed by atoms with E-state index < -0.39 is 23.2 Å². The third kappa shape index (κ3) is 2.33. The Labute approximate surface area is 143 Å². The van der Waals surface area contributed by atoms with Crippen molar-refractivity contribution in [2.24, 2.45) is 0 Å². The first-order valence-electron chi connectivity index (χ1n) is 7.77. The average molecular weight is 362 g/mol. The van der Waals surface area contributed by atoms with E-state index in [1.54, 1.807) is 12.1 Å². The number of fused-ring (bicyclic) bond motifs is 3. The Morgan fingerprint density at radius 3 is 2.64 bits per heavy atom. The minimum atomic E-state index is -0.746. The zero-order chi connectivity index (χ0) is 15.1. The molecule has 0 aromatic heterocycles. The van der Waals surface area contributed by atoms with E-state index in [1.165, 1.54) is 27.8 Å². The first-order chi connectivity index (χ1) is 10.7. The zero-order valence-corrected chi connectivity index (χ0v) is 15.4. The molecule has 22 heavy (non-hydrogen) atoms. The van der Waals surface area contributed by atoms with Crippen LogP contribution in [0.4, 0.5) is 0 Å². The van der Waals surface area contributed by atoms with E-state index in [4.69, 9.17) is 0 Å². The molecule has 0 amide bonds. The van der Waals surface area contributed by atoms with E-state index in [1.807, 2.05) is 0 Å². The maximum absolute atomic E-state index is 2.37. The second-order valence-corrected chi connectivity index (χ2v) is 9.41. The van der Waals surface area contributed by atoms with Gasteiger partial charge in [-0.05, 0) is 0 Å². The molecule has 106 valence electrons. The Bertz CT molecular complexity index is 846. The van der Waals surface area contributed by atoms with Crippen LogP contribution in [-0.2, 0) is 29.7 Å². The fraction of sp³-hybridized carbons (Fsp3) is 0.143. The molecular weight excluding hydrogens is 343 g/mol. The molecule has 0 bridgehead atoms. The molecule has 1 heteroatoms. The second-order valence-electron chi connectivity index (χ2n) is 6.14. The summed E-state index contributed by atoms with van der Waals surface area (Å²) in [7, 11) is 0. The van der Waals surface area contributed by atoms with Gasteiger partial charge in [0.05, 0.1) is 0 Å². The second kappa shape index (κ2) is 5.63. The van der Waals surface area contributed by atoms with Crippen molar-refractivity contribution in [2.45, 2.75) is 20.3 Å². The van der Waals surface area contributed by atoms with Gasteiger partial charge in [-0.1, -0.05) is 0 Å². The monoisotopic (exact) mass is 360 g/mol. The van der Waals surface area contributed by atoms with E-state index >= 15 is 0 Å². The summed E-state index contributed by atoms with van der Waals surface area (Å²) in [5, 5.41) is 0. The van der Waals surface area contributed by atoms with Gasteiger partial charge in [-0.3, -0.25) is 0 Å². The molecule has 0 fully saturated rings. The maximum atomic E-state index is 2.37. The number of benzene rings is 2. The molecular formula is C21H18Zr. The van der Waals surface area contributed by atoms with Crippen LogP contribution in [0.5, 0.6) is 0 Å². The van der Waals surface area contributed by atoms with E-state index in [-0.39, 0.29) is 0 Å². The first kappa shape index (κ1) is 14.2. The number of hydrogen-bond acceptors (Lipinski definition) is 0. The predicted octanol–water partition coefficient (Wildman–Crippen LogP) is 4.76. The third-order valence-electron chi connectivity index (χ3n) is 4.47. The molecule has 0 atom stereocenters. The molecule has 2 aliphatic rings. The third-order valence-corrected chi connectivity index (χ3v) is 8.02. The molecule has 0 saturated heterocycles. The molecule has 0 aliphatic heterocycles. The molecule has 0 nitrogen and oxygen atoms in total. The number of hydrogen-bond donors (Lipinski definition) is 0. The molecule has 0 unspecified atom stereocenters. The summed E-state index contributed by atoms with van der Waals surface area (Å²) in [5.41, 5.74) is 8.93. The van der Waals surface area contributed by atoms with Gasteiger partial charge in [0, 0.05) is 0 Å². The van der Waals surface area contributed by atoms with E-state index in [0.29, 0.717) is 0 Å². The number of rotatable bonds is 2. The average Bonchev–Trinajstić information content (AvgIpc) is 3.12. The zero-order valence-electron chi connectivity index (χ0n) is 13.0. The fourth-order valence-electron chi connectivity index (χ4n) is 3.38. The van der Waals surface area contributed by atoms with Crippen molar-refractivity contribution in [1.29, 1.82) is 0 Å². The van der Waals surface area contributed by atoms with E-state index in [2.05, 4.69) is 74.5 Å². The summed E-state index contributed by atoms with van der Waals surface area (Å²) in [6, 6.07) is 15.8. The predicted molar refractivity (Wildman–Crippen MR) is 89.9 cm³/mol. The molecule has 2 aliphatic carbocycles. The summed E-state index contributed by atoms with van der Waals surface area (Å²) in [6.07, 6.45) is 7.96. The van der Waals surface area contributed by atoms with Crippen LogP contribution in [0.25, 0.3) is 11.1 Å². The standard InChI is InChI=1S/C13H9.C8H9.Zr/c1-3-7-12-10(5-1)9-11-6-2-4-8-13(11)12;1-7(2)8-5-3-4-6-8;/h1-5,7-8H,9H2;3-5H,1-2H3;. The number of allylic oxidation sites excluding steroid dienone is 6. The minimum absolute atomic E-state index is 0.746. The van der Waals surface area contributed by atoms with Gasteiger partial charge in [0.15, 0.2) is 0 Å². The van der Waals surface area contributed by atoms with Crippen molar-refractivity contribution in [3.63, 3.8) is 0 Å². The van der Waals surface area contributed by atoms with Crippen molar-refractivity contribution >= 4 is 3.27 Å².